The number of rotatable bonds is 8. The average molecular weight is 458 g/mol. The standard InChI is InChI=1S/C26H27N5O3/c1-3-27-25(33)21-16-30(13-12-19-9-5-4-6-10-19)17-22(24(21)32)26(34)28-14-20-15-31-18(2)8-7-11-23(31)29-20/h4-11,15-17H,3,12-14H2,1-2H3,(H,27,33)(H,28,34). The first-order chi connectivity index (χ1) is 16.5. The zero-order valence-electron chi connectivity index (χ0n) is 19.2. The minimum atomic E-state index is -0.592. The van der Waals surface area contributed by atoms with Gasteiger partial charge in [-0.1, -0.05) is 36.4 Å². The highest BCUT2D eigenvalue weighted by molar-refractivity contribution is 5.99. The number of hydrogen-bond donors (Lipinski definition) is 2. The number of pyridine rings is 2. The molecule has 2 amide bonds. The summed E-state index contributed by atoms with van der Waals surface area (Å²) in [6, 6.07) is 15.7. The van der Waals surface area contributed by atoms with Gasteiger partial charge < -0.3 is 19.6 Å². The van der Waals surface area contributed by atoms with E-state index in [1.54, 1.807) is 11.5 Å². The van der Waals surface area contributed by atoms with E-state index in [-0.39, 0.29) is 17.7 Å². The maximum Gasteiger partial charge on any atom is 0.257 e. The van der Waals surface area contributed by atoms with Gasteiger partial charge in [0.1, 0.15) is 16.8 Å². The van der Waals surface area contributed by atoms with Crippen LogP contribution < -0.4 is 16.1 Å². The molecule has 2 N–H and O–H groups in total. The van der Waals surface area contributed by atoms with E-state index in [0.29, 0.717) is 25.2 Å². The Labute approximate surface area is 197 Å². The van der Waals surface area contributed by atoms with Crippen LogP contribution in [-0.2, 0) is 19.5 Å². The zero-order valence-corrected chi connectivity index (χ0v) is 19.2. The molecule has 0 aliphatic rings. The van der Waals surface area contributed by atoms with Gasteiger partial charge in [-0.3, -0.25) is 14.4 Å². The first-order valence-corrected chi connectivity index (χ1v) is 11.2. The first kappa shape index (κ1) is 23.0. The normalized spacial score (nSPS) is 10.9. The van der Waals surface area contributed by atoms with Crippen molar-refractivity contribution in [3.63, 3.8) is 0 Å². The number of nitrogens with one attached hydrogen (secondary N) is 2. The number of benzene rings is 1. The Kier molecular flexibility index (Phi) is 6.87. The number of aryl methyl sites for hydroxylation is 3. The highest BCUT2D eigenvalue weighted by Gasteiger charge is 2.19. The molecule has 0 aliphatic carbocycles. The molecule has 34 heavy (non-hydrogen) atoms. The van der Waals surface area contributed by atoms with Crippen molar-refractivity contribution in [2.75, 3.05) is 6.54 Å². The highest BCUT2D eigenvalue weighted by Crippen LogP contribution is 2.09. The van der Waals surface area contributed by atoms with Crippen molar-refractivity contribution in [1.29, 1.82) is 0 Å². The van der Waals surface area contributed by atoms with Gasteiger partial charge >= 0.3 is 0 Å². The van der Waals surface area contributed by atoms with Gasteiger partial charge in [0.25, 0.3) is 11.8 Å². The molecule has 0 fully saturated rings. The van der Waals surface area contributed by atoms with E-state index in [2.05, 4.69) is 15.6 Å². The number of imidazole rings is 1. The second-order valence-electron chi connectivity index (χ2n) is 8.06. The quantitative estimate of drug-likeness (QED) is 0.425. The van der Waals surface area contributed by atoms with Crippen molar-refractivity contribution < 1.29 is 9.59 Å². The van der Waals surface area contributed by atoms with E-state index in [0.717, 1.165) is 16.9 Å². The molecule has 0 atom stereocenters. The Morgan fingerprint density at radius 3 is 2.29 bits per heavy atom. The molecule has 0 spiro atoms. The molecule has 8 nitrogen and oxygen atoms in total. The van der Waals surface area contributed by atoms with Crippen LogP contribution in [0.4, 0.5) is 0 Å². The summed E-state index contributed by atoms with van der Waals surface area (Å²) in [4.78, 5) is 43.0. The van der Waals surface area contributed by atoms with Crippen LogP contribution in [0.3, 0.4) is 0 Å². The van der Waals surface area contributed by atoms with Crippen molar-refractivity contribution in [2.24, 2.45) is 0 Å². The molecule has 0 bridgehead atoms. The Morgan fingerprint density at radius 1 is 0.912 bits per heavy atom. The predicted octanol–water partition coefficient (Wildman–Crippen LogP) is 2.73. The van der Waals surface area contributed by atoms with Crippen LogP contribution in [0.25, 0.3) is 5.65 Å². The van der Waals surface area contributed by atoms with Crippen LogP contribution in [0.5, 0.6) is 0 Å². The lowest BCUT2D eigenvalue weighted by Gasteiger charge is -2.12. The fraction of sp³-hybridized carbons (Fsp3) is 0.231. The van der Waals surface area contributed by atoms with Gasteiger partial charge in [-0.25, -0.2) is 4.98 Å². The molecule has 4 rings (SSSR count). The largest absolute Gasteiger partial charge is 0.352 e. The van der Waals surface area contributed by atoms with Gasteiger partial charge in [-0.05, 0) is 38.0 Å². The lowest BCUT2D eigenvalue weighted by atomic mass is 10.1. The third-order valence-corrected chi connectivity index (χ3v) is 5.58. The van der Waals surface area contributed by atoms with Gasteiger partial charge in [0.05, 0.1) is 12.2 Å². The molecule has 0 unspecified atom stereocenters. The Morgan fingerprint density at radius 2 is 1.62 bits per heavy atom. The number of carbonyl (C=O) groups is 2. The van der Waals surface area contributed by atoms with Crippen LogP contribution in [-0.4, -0.2) is 32.3 Å². The van der Waals surface area contributed by atoms with Crippen LogP contribution in [0.1, 0.15) is 44.6 Å². The number of aromatic nitrogens is 3. The van der Waals surface area contributed by atoms with E-state index < -0.39 is 17.2 Å². The van der Waals surface area contributed by atoms with Gasteiger partial charge in [0, 0.05) is 37.4 Å². The molecule has 8 heteroatoms. The molecular formula is C26H27N5O3. The number of hydrogen-bond acceptors (Lipinski definition) is 4. The summed E-state index contributed by atoms with van der Waals surface area (Å²) in [6.07, 6.45) is 5.57. The fourth-order valence-corrected chi connectivity index (χ4v) is 3.79. The Balaban J connectivity index is 1.58. The maximum absolute atomic E-state index is 13.0. The molecule has 0 radical (unpaired) electrons. The average Bonchev–Trinajstić information content (AvgIpc) is 3.27. The van der Waals surface area contributed by atoms with Crippen LogP contribution in [0.15, 0.2) is 71.9 Å². The molecule has 3 heterocycles. The van der Waals surface area contributed by atoms with Gasteiger partial charge in [0.15, 0.2) is 0 Å². The van der Waals surface area contributed by atoms with Gasteiger partial charge in [-0.2, -0.15) is 0 Å². The molecule has 3 aromatic heterocycles. The monoisotopic (exact) mass is 457 g/mol. The Hall–Kier alpha value is -4.20. The zero-order chi connectivity index (χ0) is 24.1. The summed E-state index contributed by atoms with van der Waals surface area (Å²) in [5.74, 6) is -1.04. The molecule has 4 aromatic rings. The summed E-state index contributed by atoms with van der Waals surface area (Å²) < 4.78 is 3.66. The third-order valence-electron chi connectivity index (χ3n) is 5.58. The van der Waals surface area contributed by atoms with Crippen LogP contribution in [0, 0.1) is 6.92 Å². The van der Waals surface area contributed by atoms with E-state index in [9.17, 15) is 14.4 Å². The second kappa shape index (κ2) is 10.2. The smallest absolute Gasteiger partial charge is 0.257 e. The van der Waals surface area contributed by atoms with Crippen LogP contribution >= 0.6 is 0 Å². The summed E-state index contributed by atoms with van der Waals surface area (Å²) in [7, 11) is 0. The SMILES string of the molecule is CCNC(=O)c1cn(CCc2ccccc2)cc(C(=O)NCc2cn3c(C)cccc3n2)c1=O. The van der Waals surface area contributed by atoms with E-state index in [1.807, 2.05) is 66.1 Å². The van der Waals surface area contributed by atoms with E-state index in [1.165, 1.54) is 12.4 Å². The molecule has 0 saturated heterocycles. The van der Waals surface area contributed by atoms with Crippen LogP contribution in [0.2, 0.25) is 0 Å². The lowest BCUT2D eigenvalue weighted by Crippen LogP contribution is -2.35. The van der Waals surface area contributed by atoms with Gasteiger partial charge in [0.2, 0.25) is 5.43 Å². The summed E-state index contributed by atoms with van der Waals surface area (Å²) in [6.45, 7) is 4.81. The maximum atomic E-state index is 13.0. The predicted molar refractivity (Wildman–Crippen MR) is 130 cm³/mol. The number of amides is 2. The number of fused-ring (bicyclic) bond motifs is 1. The van der Waals surface area contributed by atoms with Gasteiger partial charge in [-0.15, -0.1) is 0 Å². The third kappa shape index (κ3) is 5.06. The number of nitrogens with zero attached hydrogens (tertiary/aromatic N) is 3. The van der Waals surface area contributed by atoms with Crippen molar-refractivity contribution in [3.8, 4) is 0 Å². The molecule has 1 aromatic carbocycles. The van der Waals surface area contributed by atoms with Crippen molar-refractivity contribution >= 4 is 17.5 Å². The summed E-state index contributed by atoms with van der Waals surface area (Å²) in [5.41, 5.74) is 2.89. The highest BCUT2D eigenvalue weighted by atomic mass is 16.2. The molecular weight excluding hydrogens is 430 g/mol. The van der Waals surface area contributed by atoms with Crippen molar-refractivity contribution in [3.05, 3.63) is 105 Å². The lowest BCUT2D eigenvalue weighted by molar-refractivity contribution is 0.0948. The number of carbonyl (C=O) groups excluding carboxylic acids is 2. The van der Waals surface area contributed by atoms with E-state index >= 15 is 0 Å². The Bertz CT molecular complexity index is 1390. The minimum absolute atomic E-state index is 0.0501. The molecule has 0 aliphatic heterocycles. The molecule has 0 saturated carbocycles. The summed E-state index contributed by atoms with van der Waals surface area (Å²) >= 11 is 0. The molecule has 174 valence electrons. The first-order valence-electron chi connectivity index (χ1n) is 11.2. The fourth-order valence-electron chi connectivity index (χ4n) is 3.79. The van der Waals surface area contributed by atoms with Crippen molar-refractivity contribution in [2.45, 2.75) is 33.4 Å². The van der Waals surface area contributed by atoms with Crippen molar-refractivity contribution in [1.82, 2.24) is 24.6 Å². The second-order valence-corrected chi connectivity index (χ2v) is 8.06. The summed E-state index contributed by atoms with van der Waals surface area (Å²) in [5, 5.41) is 5.43. The minimum Gasteiger partial charge on any atom is -0.352 e. The van der Waals surface area contributed by atoms with E-state index in [4.69, 9.17) is 0 Å². The topological polar surface area (TPSA) is 97.5 Å².